The van der Waals surface area contributed by atoms with Crippen LogP contribution >= 0.6 is 0 Å². The van der Waals surface area contributed by atoms with E-state index < -0.39 is 5.97 Å². The van der Waals surface area contributed by atoms with Crippen LogP contribution in [-0.2, 0) is 11.3 Å². The molecular formula is C25H30N4O3. The van der Waals surface area contributed by atoms with Crippen LogP contribution in [0, 0.1) is 6.92 Å². The van der Waals surface area contributed by atoms with E-state index in [2.05, 4.69) is 53.5 Å². The molecule has 1 aromatic heterocycles. The maximum Gasteiger partial charge on any atom is 0.337 e. The molecule has 0 saturated carbocycles. The molecule has 7 nitrogen and oxygen atoms in total. The summed E-state index contributed by atoms with van der Waals surface area (Å²) in [4.78, 5) is 30.5. The number of carboxylic acids is 1. The largest absolute Gasteiger partial charge is 0.478 e. The highest BCUT2D eigenvalue weighted by Crippen LogP contribution is 2.32. The number of hydrazine groups is 1. The molecule has 1 saturated heterocycles. The SMILES string of the molecule is CCCCCC1CN(Cc2cncc(C(=O)O)c2)C(=O)C2=CC(c3ccc(C)cc3)NN21. The molecular weight excluding hydrogens is 404 g/mol. The van der Waals surface area contributed by atoms with Gasteiger partial charge in [0.05, 0.1) is 17.6 Å². The van der Waals surface area contributed by atoms with Gasteiger partial charge in [-0.25, -0.2) is 10.2 Å². The van der Waals surface area contributed by atoms with Gasteiger partial charge in [0.15, 0.2) is 0 Å². The Kier molecular flexibility index (Phi) is 6.55. The molecule has 0 radical (unpaired) electrons. The summed E-state index contributed by atoms with van der Waals surface area (Å²) >= 11 is 0. The van der Waals surface area contributed by atoms with Crippen molar-refractivity contribution in [2.45, 2.75) is 58.2 Å². The molecule has 2 unspecified atom stereocenters. The van der Waals surface area contributed by atoms with Crippen molar-refractivity contribution in [3.05, 3.63) is 76.8 Å². The van der Waals surface area contributed by atoms with Crippen LogP contribution in [0.2, 0.25) is 0 Å². The molecule has 2 atom stereocenters. The van der Waals surface area contributed by atoms with Crippen LogP contribution in [-0.4, -0.2) is 44.5 Å². The first kappa shape index (κ1) is 22.0. The molecule has 168 valence electrons. The number of benzene rings is 1. The number of carbonyl (C=O) groups is 2. The summed E-state index contributed by atoms with van der Waals surface area (Å²) in [6.45, 7) is 5.18. The summed E-state index contributed by atoms with van der Waals surface area (Å²) in [5.74, 6) is -1.06. The highest BCUT2D eigenvalue weighted by atomic mass is 16.4. The second-order valence-corrected chi connectivity index (χ2v) is 8.66. The number of piperazine rings is 1. The number of fused-ring (bicyclic) bond motifs is 1. The number of unbranched alkanes of at least 4 members (excludes halogenated alkanes) is 2. The van der Waals surface area contributed by atoms with E-state index >= 15 is 0 Å². The molecule has 32 heavy (non-hydrogen) atoms. The Bertz CT molecular complexity index is 1020. The van der Waals surface area contributed by atoms with Gasteiger partial charge in [0.2, 0.25) is 0 Å². The third-order valence-corrected chi connectivity index (χ3v) is 6.16. The van der Waals surface area contributed by atoms with Gasteiger partial charge < -0.3 is 10.0 Å². The smallest absolute Gasteiger partial charge is 0.337 e. The van der Waals surface area contributed by atoms with Gasteiger partial charge in [-0.2, -0.15) is 0 Å². The first-order chi connectivity index (χ1) is 15.5. The molecule has 1 fully saturated rings. The summed E-state index contributed by atoms with van der Waals surface area (Å²) in [6.07, 6.45) is 9.35. The predicted octanol–water partition coefficient (Wildman–Crippen LogP) is 3.82. The monoisotopic (exact) mass is 434 g/mol. The fourth-order valence-corrected chi connectivity index (χ4v) is 4.39. The Balaban J connectivity index is 1.58. The number of nitrogens with one attached hydrogen (secondary N) is 1. The van der Waals surface area contributed by atoms with Gasteiger partial charge in [-0.1, -0.05) is 56.0 Å². The summed E-state index contributed by atoms with van der Waals surface area (Å²) in [7, 11) is 0. The number of pyridine rings is 1. The van der Waals surface area contributed by atoms with E-state index in [0.717, 1.165) is 36.8 Å². The van der Waals surface area contributed by atoms with Crippen LogP contribution in [0.5, 0.6) is 0 Å². The van der Waals surface area contributed by atoms with Crippen molar-refractivity contribution in [3.8, 4) is 0 Å². The van der Waals surface area contributed by atoms with Crippen LogP contribution in [0.3, 0.4) is 0 Å². The number of rotatable bonds is 8. The van der Waals surface area contributed by atoms with Crippen LogP contribution in [0.25, 0.3) is 0 Å². The van der Waals surface area contributed by atoms with Gasteiger partial charge in [-0.15, -0.1) is 0 Å². The first-order valence-electron chi connectivity index (χ1n) is 11.3. The second-order valence-electron chi connectivity index (χ2n) is 8.66. The van der Waals surface area contributed by atoms with Crippen molar-refractivity contribution in [1.29, 1.82) is 0 Å². The Labute approximate surface area is 188 Å². The minimum atomic E-state index is -1.02. The number of hydrogen-bond donors (Lipinski definition) is 2. The van der Waals surface area contributed by atoms with Crippen LogP contribution in [0.15, 0.2) is 54.5 Å². The summed E-state index contributed by atoms with van der Waals surface area (Å²) < 4.78 is 0. The van der Waals surface area contributed by atoms with Crippen molar-refractivity contribution in [2.75, 3.05) is 6.54 Å². The zero-order valence-corrected chi connectivity index (χ0v) is 18.6. The van der Waals surface area contributed by atoms with E-state index in [1.807, 2.05) is 11.0 Å². The fourth-order valence-electron chi connectivity index (χ4n) is 4.39. The third-order valence-electron chi connectivity index (χ3n) is 6.16. The van der Waals surface area contributed by atoms with Gasteiger partial charge >= 0.3 is 5.97 Å². The molecule has 0 aliphatic carbocycles. The number of carboxylic acid groups (broad SMARTS) is 1. The van der Waals surface area contributed by atoms with E-state index in [1.165, 1.54) is 11.8 Å². The lowest BCUT2D eigenvalue weighted by atomic mass is 10.0. The summed E-state index contributed by atoms with van der Waals surface area (Å²) in [6, 6.07) is 10.1. The molecule has 7 heteroatoms. The normalized spacial score (nSPS) is 20.3. The van der Waals surface area contributed by atoms with E-state index in [1.54, 1.807) is 12.3 Å². The summed E-state index contributed by atoms with van der Waals surface area (Å²) in [5, 5.41) is 11.3. The van der Waals surface area contributed by atoms with E-state index in [0.29, 0.717) is 18.8 Å². The number of amides is 1. The molecule has 0 bridgehead atoms. The molecule has 4 rings (SSSR count). The Morgan fingerprint density at radius 3 is 2.72 bits per heavy atom. The lowest BCUT2D eigenvalue weighted by molar-refractivity contribution is -0.135. The van der Waals surface area contributed by atoms with Gasteiger partial charge in [-0.3, -0.25) is 14.8 Å². The van der Waals surface area contributed by atoms with Crippen LogP contribution < -0.4 is 5.43 Å². The second kappa shape index (κ2) is 9.53. The van der Waals surface area contributed by atoms with Gasteiger partial charge in [-0.05, 0) is 36.6 Å². The maximum absolute atomic E-state index is 13.4. The van der Waals surface area contributed by atoms with Gasteiger partial charge in [0.25, 0.3) is 5.91 Å². The van der Waals surface area contributed by atoms with E-state index in [4.69, 9.17) is 0 Å². The summed E-state index contributed by atoms with van der Waals surface area (Å²) in [5.41, 5.74) is 7.41. The van der Waals surface area contributed by atoms with Crippen molar-refractivity contribution in [1.82, 2.24) is 20.3 Å². The van der Waals surface area contributed by atoms with Crippen molar-refractivity contribution in [3.63, 3.8) is 0 Å². The molecule has 1 amide bonds. The zero-order chi connectivity index (χ0) is 22.7. The molecule has 0 spiro atoms. The fraction of sp³-hybridized carbons (Fsp3) is 0.400. The third kappa shape index (κ3) is 4.67. The number of carbonyl (C=O) groups excluding carboxylic acids is 1. The number of nitrogens with zero attached hydrogens (tertiary/aromatic N) is 3. The highest BCUT2D eigenvalue weighted by Gasteiger charge is 2.40. The quantitative estimate of drug-likeness (QED) is 0.615. The minimum Gasteiger partial charge on any atom is -0.478 e. The zero-order valence-electron chi connectivity index (χ0n) is 18.6. The number of aromatic nitrogens is 1. The standard InChI is InChI=1S/C25H30N4O3/c1-3-4-5-6-21-16-28(15-18-11-20(25(31)32)14-26-13-18)24(30)23-12-22(27-29(21)23)19-9-7-17(2)8-10-19/h7-14,21-22,27H,3-6,15-16H2,1-2H3,(H,31,32). The minimum absolute atomic E-state index is 0.0415. The van der Waals surface area contributed by atoms with Gasteiger partial charge in [0.1, 0.15) is 5.70 Å². The van der Waals surface area contributed by atoms with Gasteiger partial charge in [0, 0.05) is 25.5 Å². The maximum atomic E-state index is 13.4. The van der Waals surface area contributed by atoms with E-state index in [-0.39, 0.29) is 23.6 Å². The van der Waals surface area contributed by atoms with Crippen LogP contribution in [0.4, 0.5) is 0 Å². The lowest BCUT2D eigenvalue weighted by Gasteiger charge is -2.41. The van der Waals surface area contributed by atoms with Crippen molar-refractivity contribution in [2.24, 2.45) is 0 Å². The van der Waals surface area contributed by atoms with Crippen molar-refractivity contribution >= 4 is 11.9 Å². The van der Waals surface area contributed by atoms with E-state index in [9.17, 15) is 14.7 Å². The molecule has 1 aromatic carbocycles. The molecule has 2 aliphatic rings. The average Bonchev–Trinajstić information content (AvgIpc) is 3.23. The number of hydrogen-bond acceptors (Lipinski definition) is 5. The molecule has 2 N–H and O–H groups in total. The Hall–Kier alpha value is -3.19. The Morgan fingerprint density at radius 1 is 1.22 bits per heavy atom. The molecule has 2 aromatic rings. The average molecular weight is 435 g/mol. The van der Waals surface area contributed by atoms with Crippen molar-refractivity contribution < 1.29 is 14.7 Å². The molecule has 2 aliphatic heterocycles. The number of aromatic carboxylic acids is 1. The first-order valence-corrected chi connectivity index (χ1v) is 11.3. The topological polar surface area (TPSA) is 85.8 Å². The lowest BCUT2D eigenvalue weighted by Crippen LogP contribution is -2.56. The predicted molar refractivity (Wildman–Crippen MR) is 122 cm³/mol. The molecule has 3 heterocycles. The highest BCUT2D eigenvalue weighted by molar-refractivity contribution is 5.94. The Morgan fingerprint density at radius 2 is 2.00 bits per heavy atom. The number of aryl methyl sites for hydroxylation is 1. The van der Waals surface area contributed by atoms with Crippen LogP contribution in [0.1, 0.15) is 65.7 Å².